The molecule has 0 spiro atoms. The number of rotatable bonds is 1. The van der Waals surface area contributed by atoms with Gasteiger partial charge >= 0.3 is 0 Å². The van der Waals surface area contributed by atoms with E-state index in [0.29, 0.717) is 11.7 Å². The molecule has 3 N–H and O–H groups in total. The molecule has 2 heterocycles. The molecule has 0 amide bonds. The number of nitrogens with one attached hydrogen (secondary N) is 1. The molecule has 5 nitrogen and oxygen atoms in total. The molecule has 1 aromatic carbocycles. The second kappa shape index (κ2) is 3.35. The molecule has 2 aromatic heterocycles. The van der Waals surface area contributed by atoms with Crippen molar-refractivity contribution in [3.63, 3.8) is 0 Å². The number of aromatic amines is 1. The van der Waals surface area contributed by atoms with E-state index in [2.05, 4.69) is 15.2 Å². The number of hydrogen-bond donors (Lipinski definition) is 2. The standard InChI is InChI=1S/C12H12N4O/c1-6-11(15-16-12(6)13)8-3-4-10-9(5-8)14-7(2)17-10/h3-5H,1-2H3,(H3,13,15,16). The smallest absolute Gasteiger partial charge is 0.192 e. The maximum absolute atomic E-state index is 5.72. The highest BCUT2D eigenvalue weighted by atomic mass is 16.3. The molecule has 0 radical (unpaired) electrons. The van der Waals surface area contributed by atoms with E-state index in [4.69, 9.17) is 10.2 Å². The zero-order chi connectivity index (χ0) is 12.0. The summed E-state index contributed by atoms with van der Waals surface area (Å²) in [6.07, 6.45) is 0. The SMILES string of the molecule is Cc1nc2cc(-c3[nH]nc(N)c3C)ccc2o1. The second-order valence-corrected chi connectivity index (χ2v) is 4.02. The molecule has 17 heavy (non-hydrogen) atoms. The van der Waals surface area contributed by atoms with Gasteiger partial charge in [-0.2, -0.15) is 5.10 Å². The van der Waals surface area contributed by atoms with Gasteiger partial charge < -0.3 is 10.2 Å². The Bertz CT molecular complexity index is 696. The first-order valence-electron chi connectivity index (χ1n) is 5.33. The third kappa shape index (κ3) is 1.47. The number of anilines is 1. The van der Waals surface area contributed by atoms with E-state index in [1.807, 2.05) is 32.0 Å². The summed E-state index contributed by atoms with van der Waals surface area (Å²) in [5.41, 5.74) is 10.2. The van der Waals surface area contributed by atoms with Crippen molar-refractivity contribution >= 4 is 16.9 Å². The number of nitrogen functional groups attached to an aromatic ring is 1. The molecule has 0 bridgehead atoms. The molecule has 0 atom stereocenters. The zero-order valence-corrected chi connectivity index (χ0v) is 9.61. The molecule has 86 valence electrons. The van der Waals surface area contributed by atoms with Gasteiger partial charge in [-0.05, 0) is 25.1 Å². The van der Waals surface area contributed by atoms with E-state index >= 15 is 0 Å². The van der Waals surface area contributed by atoms with Gasteiger partial charge in [-0.15, -0.1) is 0 Å². The van der Waals surface area contributed by atoms with Crippen molar-refractivity contribution in [2.24, 2.45) is 0 Å². The molecule has 0 unspecified atom stereocenters. The van der Waals surface area contributed by atoms with Crippen LogP contribution in [0.15, 0.2) is 22.6 Å². The first kappa shape index (κ1) is 9.89. The maximum atomic E-state index is 5.72. The number of oxazole rings is 1. The molecular weight excluding hydrogens is 216 g/mol. The number of nitrogens with two attached hydrogens (primary N) is 1. The Morgan fingerprint density at radius 1 is 1.29 bits per heavy atom. The lowest BCUT2D eigenvalue weighted by atomic mass is 10.1. The monoisotopic (exact) mass is 228 g/mol. The largest absolute Gasteiger partial charge is 0.441 e. The number of H-pyrrole nitrogens is 1. The summed E-state index contributed by atoms with van der Waals surface area (Å²) >= 11 is 0. The fourth-order valence-corrected chi connectivity index (χ4v) is 1.89. The molecule has 0 saturated carbocycles. The summed E-state index contributed by atoms with van der Waals surface area (Å²) in [5, 5.41) is 6.91. The van der Waals surface area contributed by atoms with Crippen LogP contribution in [0.2, 0.25) is 0 Å². The van der Waals surface area contributed by atoms with Crippen LogP contribution >= 0.6 is 0 Å². The Morgan fingerprint density at radius 3 is 2.82 bits per heavy atom. The quantitative estimate of drug-likeness (QED) is 0.670. The number of aromatic nitrogens is 3. The minimum Gasteiger partial charge on any atom is -0.441 e. The molecule has 3 rings (SSSR count). The highest BCUT2D eigenvalue weighted by molar-refractivity contribution is 5.81. The molecule has 0 fully saturated rings. The zero-order valence-electron chi connectivity index (χ0n) is 9.61. The minimum atomic E-state index is 0.524. The summed E-state index contributed by atoms with van der Waals surface area (Å²) in [7, 11) is 0. The number of hydrogen-bond acceptors (Lipinski definition) is 4. The fourth-order valence-electron chi connectivity index (χ4n) is 1.89. The van der Waals surface area contributed by atoms with Crippen molar-refractivity contribution in [1.82, 2.24) is 15.2 Å². The summed E-state index contributed by atoms with van der Waals surface area (Å²) < 4.78 is 5.43. The Labute approximate surface area is 97.7 Å². The van der Waals surface area contributed by atoms with Gasteiger partial charge in [-0.25, -0.2) is 4.98 Å². The number of aryl methyl sites for hydroxylation is 1. The molecule has 3 aromatic rings. The van der Waals surface area contributed by atoms with E-state index < -0.39 is 0 Å². The summed E-state index contributed by atoms with van der Waals surface area (Å²) in [6, 6.07) is 5.83. The normalized spacial score (nSPS) is 11.2. The van der Waals surface area contributed by atoms with Gasteiger partial charge in [-0.3, -0.25) is 5.10 Å². The van der Waals surface area contributed by atoms with Crippen LogP contribution in [-0.2, 0) is 0 Å². The van der Waals surface area contributed by atoms with Gasteiger partial charge in [0.1, 0.15) is 11.3 Å². The summed E-state index contributed by atoms with van der Waals surface area (Å²) in [5.74, 6) is 1.19. The Kier molecular flexibility index (Phi) is 1.95. The predicted molar refractivity (Wildman–Crippen MR) is 65.5 cm³/mol. The van der Waals surface area contributed by atoms with Gasteiger partial charge in [0.15, 0.2) is 11.5 Å². The lowest BCUT2D eigenvalue weighted by Crippen LogP contribution is -1.86. The number of benzene rings is 1. The van der Waals surface area contributed by atoms with Crippen molar-refractivity contribution in [2.75, 3.05) is 5.73 Å². The highest BCUT2D eigenvalue weighted by Crippen LogP contribution is 2.27. The van der Waals surface area contributed by atoms with Gasteiger partial charge in [0.05, 0.1) is 5.69 Å². The highest BCUT2D eigenvalue weighted by Gasteiger charge is 2.10. The summed E-state index contributed by atoms with van der Waals surface area (Å²) in [4.78, 5) is 4.30. The molecule has 0 aliphatic heterocycles. The molecule has 0 aliphatic rings. The minimum absolute atomic E-state index is 0.524. The van der Waals surface area contributed by atoms with Crippen molar-refractivity contribution in [1.29, 1.82) is 0 Å². The van der Waals surface area contributed by atoms with Crippen LogP contribution in [0.3, 0.4) is 0 Å². The van der Waals surface area contributed by atoms with Crippen molar-refractivity contribution < 1.29 is 4.42 Å². The fraction of sp³-hybridized carbons (Fsp3) is 0.167. The molecular formula is C12H12N4O. The van der Waals surface area contributed by atoms with Crippen LogP contribution in [0.1, 0.15) is 11.5 Å². The van der Waals surface area contributed by atoms with E-state index in [0.717, 1.165) is 27.9 Å². The second-order valence-electron chi connectivity index (χ2n) is 4.02. The van der Waals surface area contributed by atoms with Crippen LogP contribution in [-0.4, -0.2) is 15.2 Å². The first-order chi connectivity index (χ1) is 8.15. The third-order valence-corrected chi connectivity index (χ3v) is 2.83. The average molecular weight is 228 g/mol. The predicted octanol–water partition coefficient (Wildman–Crippen LogP) is 2.42. The van der Waals surface area contributed by atoms with Gasteiger partial charge in [-0.1, -0.05) is 0 Å². The lowest BCUT2D eigenvalue weighted by molar-refractivity contribution is 0.561. The third-order valence-electron chi connectivity index (χ3n) is 2.83. The first-order valence-corrected chi connectivity index (χ1v) is 5.33. The van der Waals surface area contributed by atoms with Crippen LogP contribution in [0.25, 0.3) is 22.4 Å². The van der Waals surface area contributed by atoms with Gasteiger partial charge in [0, 0.05) is 18.1 Å². The van der Waals surface area contributed by atoms with Crippen LogP contribution in [0, 0.1) is 13.8 Å². The number of nitrogens with zero attached hydrogens (tertiary/aromatic N) is 2. The number of fused-ring (bicyclic) bond motifs is 1. The van der Waals surface area contributed by atoms with E-state index in [9.17, 15) is 0 Å². The van der Waals surface area contributed by atoms with Crippen molar-refractivity contribution in [2.45, 2.75) is 13.8 Å². The van der Waals surface area contributed by atoms with Gasteiger partial charge in [0.2, 0.25) is 0 Å². The van der Waals surface area contributed by atoms with Crippen molar-refractivity contribution in [3.05, 3.63) is 29.7 Å². The Hall–Kier alpha value is -2.30. The van der Waals surface area contributed by atoms with Crippen LogP contribution < -0.4 is 5.73 Å². The van der Waals surface area contributed by atoms with Gasteiger partial charge in [0.25, 0.3) is 0 Å². The Balaban J connectivity index is 2.20. The van der Waals surface area contributed by atoms with Crippen LogP contribution in [0.4, 0.5) is 5.82 Å². The van der Waals surface area contributed by atoms with E-state index in [1.54, 1.807) is 0 Å². The maximum Gasteiger partial charge on any atom is 0.192 e. The van der Waals surface area contributed by atoms with Crippen LogP contribution in [0.5, 0.6) is 0 Å². The Morgan fingerprint density at radius 2 is 2.12 bits per heavy atom. The average Bonchev–Trinajstić information content (AvgIpc) is 2.81. The van der Waals surface area contributed by atoms with E-state index in [-0.39, 0.29) is 0 Å². The molecule has 0 saturated heterocycles. The molecule has 0 aliphatic carbocycles. The summed E-state index contributed by atoms with van der Waals surface area (Å²) in [6.45, 7) is 3.77. The topological polar surface area (TPSA) is 80.7 Å². The lowest BCUT2D eigenvalue weighted by Gasteiger charge is -1.98. The molecule has 5 heteroatoms. The van der Waals surface area contributed by atoms with E-state index in [1.165, 1.54) is 0 Å². The van der Waals surface area contributed by atoms with Crippen molar-refractivity contribution in [3.8, 4) is 11.3 Å².